The zero-order chi connectivity index (χ0) is 23.9. The van der Waals surface area contributed by atoms with Gasteiger partial charge in [-0.15, -0.1) is 11.8 Å². The Kier molecular flexibility index (Phi) is 5.86. The van der Waals surface area contributed by atoms with Crippen molar-refractivity contribution < 1.29 is 18.9 Å². The van der Waals surface area contributed by atoms with Crippen molar-refractivity contribution in [2.45, 2.75) is 32.6 Å². The van der Waals surface area contributed by atoms with E-state index in [1.54, 1.807) is 18.9 Å². The average molecular weight is 476 g/mol. The van der Waals surface area contributed by atoms with Crippen LogP contribution in [-0.2, 0) is 0 Å². The minimum absolute atomic E-state index is 0.143. The largest absolute Gasteiger partial charge is 0.496 e. The number of methoxy groups -OCH3 is 1. The van der Waals surface area contributed by atoms with E-state index < -0.39 is 6.29 Å². The standard InChI is InChI=1S/C28H29NO4S/c1-17-15-28(2,3)29-21-13-12-20-25-22(30-4)10-7-11-23(25)33-27(26(20)24(17)21)32-19-9-6-8-18(14-19)31-16-34-5/h6-15,27,29H,16H2,1-5H3. The fourth-order valence-corrected chi connectivity index (χ4v) is 5.05. The van der Waals surface area contributed by atoms with Gasteiger partial charge in [0.05, 0.1) is 23.8 Å². The molecule has 0 spiro atoms. The van der Waals surface area contributed by atoms with Gasteiger partial charge in [-0.3, -0.25) is 0 Å². The van der Waals surface area contributed by atoms with Crippen LogP contribution in [0.3, 0.4) is 0 Å². The van der Waals surface area contributed by atoms with Gasteiger partial charge >= 0.3 is 0 Å². The molecule has 2 heterocycles. The van der Waals surface area contributed by atoms with Crippen molar-refractivity contribution in [3.63, 3.8) is 0 Å². The first kappa shape index (κ1) is 22.5. The maximum absolute atomic E-state index is 6.49. The number of hydrogen-bond acceptors (Lipinski definition) is 6. The predicted octanol–water partition coefficient (Wildman–Crippen LogP) is 7.14. The SMILES string of the molecule is COc1cccc2c1-c1ccc3c(c1C(Oc1cccc(OCSC)c1)O2)C(C)=CC(C)(C)N3. The summed E-state index contributed by atoms with van der Waals surface area (Å²) in [4.78, 5) is 0. The minimum Gasteiger partial charge on any atom is -0.496 e. The molecule has 3 aromatic carbocycles. The van der Waals surface area contributed by atoms with Crippen molar-refractivity contribution in [1.82, 2.24) is 0 Å². The third-order valence-corrected chi connectivity index (χ3v) is 6.37. The molecular formula is C28H29NO4S. The summed E-state index contributed by atoms with van der Waals surface area (Å²) in [5.74, 6) is 3.54. The number of thioether (sulfide) groups is 1. The summed E-state index contributed by atoms with van der Waals surface area (Å²) in [6, 6.07) is 17.8. The monoisotopic (exact) mass is 475 g/mol. The summed E-state index contributed by atoms with van der Waals surface area (Å²) < 4.78 is 24.5. The Morgan fingerprint density at radius 1 is 1.03 bits per heavy atom. The summed E-state index contributed by atoms with van der Waals surface area (Å²) in [7, 11) is 1.69. The first-order valence-electron chi connectivity index (χ1n) is 11.3. The van der Waals surface area contributed by atoms with Gasteiger partial charge in [-0.05, 0) is 62.9 Å². The van der Waals surface area contributed by atoms with Crippen LogP contribution in [0.2, 0.25) is 0 Å². The lowest BCUT2D eigenvalue weighted by Crippen LogP contribution is -2.33. The lowest BCUT2D eigenvalue weighted by molar-refractivity contribution is 0.00137. The molecule has 0 saturated heterocycles. The molecule has 5 nitrogen and oxygen atoms in total. The van der Waals surface area contributed by atoms with E-state index in [0.29, 0.717) is 11.7 Å². The van der Waals surface area contributed by atoms with Crippen molar-refractivity contribution >= 4 is 23.0 Å². The fourth-order valence-electron chi connectivity index (χ4n) is 4.80. The topological polar surface area (TPSA) is 49.0 Å². The predicted molar refractivity (Wildman–Crippen MR) is 139 cm³/mol. The highest BCUT2D eigenvalue weighted by Gasteiger charge is 2.36. The number of ether oxygens (including phenoxy) is 4. The Bertz CT molecular complexity index is 1270. The summed E-state index contributed by atoms with van der Waals surface area (Å²) in [6.45, 7) is 6.48. The molecule has 5 rings (SSSR count). The molecule has 3 aromatic rings. The van der Waals surface area contributed by atoms with Crippen LogP contribution in [0.1, 0.15) is 38.2 Å². The molecule has 2 aliphatic heterocycles. The van der Waals surface area contributed by atoms with Crippen molar-refractivity contribution in [2.24, 2.45) is 0 Å². The van der Waals surface area contributed by atoms with Crippen LogP contribution in [0, 0.1) is 0 Å². The number of rotatable bonds is 6. The number of benzene rings is 3. The van der Waals surface area contributed by atoms with E-state index in [2.05, 4.69) is 44.3 Å². The first-order valence-corrected chi connectivity index (χ1v) is 12.7. The van der Waals surface area contributed by atoms with Gasteiger partial charge in [0, 0.05) is 22.9 Å². The van der Waals surface area contributed by atoms with Gasteiger partial charge in [-0.2, -0.15) is 0 Å². The molecule has 2 aliphatic rings. The number of nitrogens with one attached hydrogen (secondary N) is 1. The van der Waals surface area contributed by atoms with E-state index in [-0.39, 0.29) is 5.54 Å². The van der Waals surface area contributed by atoms with Crippen LogP contribution in [0.15, 0.2) is 60.7 Å². The van der Waals surface area contributed by atoms with E-state index in [9.17, 15) is 0 Å². The van der Waals surface area contributed by atoms with Gasteiger partial charge in [0.25, 0.3) is 6.29 Å². The fraction of sp³-hybridized carbons (Fsp3) is 0.286. The smallest absolute Gasteiger partial charge is 0.268 e. The molecule has 1 N–H and O–H groups in total. The number of anilines is 1. The van der Waals surface area contributed by atoms with Crippen molar-refractivity contribution in [2.75, 3.05) is 24.6 Å². The van der Waals surface area contributed by atoms with Gasteiger partial charge in [0.1, 0.15) is 28.9 Å². The summed E-state index contributed by atoms with van der Waals surface area (Å²) in [5.41, 5.74) is 6.19. The van der Waals surface area contributed by atoms with Crippen LogP contribution in [-0.4, -0.2) is 24.8 Å². The number of hydrogen-bond donors (Lipinski definition) is 1. The Morgan fingerprint density at radius 3 is 2.62 bits per heavy atom. The quantitative estimate of drug-likeness (QED) is 0.383. The van der Waals surface area contributed by atoms with Crippen LogP contribution in [0.25, 0.3) is 16.7 Å². The van der Waals surface area contributed by atoms with Crippen LogP contribution < -0.4 is 24.3 Å². The highest BCUT2D eigenvalue weighted by atomic mass is 32.2. The summed E-state index contributed by atoms with van der Waals surface area (Å²) in [5, 5.41) is 3.64. The van der Waals surface area contributed by atoms with Crippen molar-refractivity contribution in [1.29, 1.82) is 0 Å². The van der Waals surface area contributed by atoms with Crippen LogP contribution >= 0.6 is 11.8 Å². The molecular weight excluding hydrogens is 446 g/mol. The van der Waals surface area contributed by atoms with E-state index in [0.717, 1.165) is 45.2 Å². The molecule has 0 amide bonds. The Hall–Kier alpha value is -3.25. The van der Waals surface area contributed by atoms with E-state index in [4.69, 9.17) is 18.9 Å². The van der Waals surface area contributed by atoms with Crippen LogP contribution in [0.4, 0.5) is 5.69 Å². The third kappa shape index (κ3) is 4.07. The lowest BCUT2D eigenvalue weighted by atomic mass is 9.83. The number of fused-ring (bicyclic) bond motifs is 5. The number of allylic oxidation sites excluding steroid dienone is 1. The normalized spacial score (nSPS) is 17.2. The zero-order valence-electron chi connectivity index (χ0n) is 20.1. The van der Waals surface area contributed by atoms with Gasteiger partial charge < -0.3 is 24.3 Å². The Labute approximate surface area is 205 Å². The first-order chi connectivity index (χ1) is 16.4. The zero-order valence-corrected chi connectivity index (χ0v) is 20.9. The molecule has 0 radical (unpaired) electrons. The molecule has 0 bridgehead atoms. The van der Waals surface area contributed by atoms with Gasteiger partial charge in [0.15, 0.2) is 0 Å². The van der Waals surface area contributed by atoms with Crippen molar-refractivity contribution in [3.05, 3.63) is 71.8 Å². The second kappa shape index (κ2) is 8.84. The molecule has 0 saturated carbocycles. The van der Waals surface area contributed by atoms with E-state index in [1.165, 1.54) is 5.57 Å². The molecule has 1 atom stereocenters. The van der Waals surface area contributed by atoms with Gasteiger partial charge in [0.2, 0.25) is 0 Å². The maximum Gasteiger partial charge on any atom is 0.268 e. The molecule has 34 heavy (non-hydrogen) atoms. The van der Waals surface area contributed by atoms with E-state index in [1.807, 2.05) is 48.7 Å². The Balaban J connectivity index is 1.65. The van der Waals surface area contributed by atoms with Gasteiger partial charge in [-0.1, -0.05) is 24.3 Å². The third-order valence-electron chi connectivity index (χ3n) is 6.01. The average Bonchev–Trinajstić information content (AvgIpc) is 2.81. The summed E-state index contributed by atoms with van der Waals surface area (Å²) >= 11 is 1.63. The van der Waals surface area contributed by atoms with E-state index >= 15 is 0 Å². The maximum atomic E-state index is 6.49. The second-order valence-electron chi connectivity index (χ2n) is 9.05. The summed E-state index contributed by atoms with van der Waals surface area (Å²) in [6.07, 6.45) is 3.63. The highest BCUT2D eigenvalue weighted by molar-refractivity contribution is 7.98. The lowest BCUT2D eigenvalue weighted by Gasteiger charge is -2.37. The minimum atomic E-state index is -0.633. The Morgan fingerprint density at radius 2 is 1.82 bits per heavy atom. The molecule has 6 heteroatoms. The molecule has 176 valence electrons. The van der Waals surface area contributed by atoms with Gasteiger partial charge in [-0.25, -0.2) is 0 Å². The second-order valence-corrected chi connectivity index (χ2v) is 9.86. The highest BCUT2D eigenvalue weighted by Crippen LogP contribution is 2.52. The molecule has 0 aromatic heterocycles. The van der Waals surface area contributed by atoms with Crippen LogP contribution in [0.5, 0.6) is 23.0 Å². The molecule has 0 aliphatic carbocycles. The van der Waals surface area contributed by atoms with Crippen molar-refractivity contribution in [3.8, 4) is 34.1 Å². The molecule has 1 unspecified atom stereocenters. The molecule has 0 fully saturated rings.